The number of rotatable bonds is 4. The number of piperidine rings is 1. The van der Waals surface area contributed by atoms with E-state index < -0.39 is 17.6 Å². The van der Waals surface area contributed by atoms with Crippen LogP contribution in [0.15, 0.2) is 40.9 Å². The molecule has 1 saturated carbocycles. The zero-order chi connectivity index (χ0) is 23.1. The van der Waals surface area contributed by atoms with E-state index in [1.54, 1.807) is 12.0 Å². The Hall–Kier alpha value is -2.32. The highest BCUT2D eigenvalue weighted by atomic mass is 79.9. The quantitative estimate of drug-likeness (QED) is 0.418. The van der Waals surface area contributed by atoms with Crippen LogP contribution >= 0.6 is 15.9 Å². The minimum Gasteiger partial charge on any atom is -0.381 e. The summed E-state index contributed by atoms with van der Waals surface area (Å²) in [5, 5.41) is 0. The fourth-order valence-electron chi connectivity index (χ4n) is 5.28. The molecule has 1 amide bonds. The minimum atomic E-state index is -0.950. The van der Waals surface area contributed by atoms with Crippen molar-refractivity contribution in [2.45, 2.75) is 56.6 Å². The van der Waals surface area contributed by atoms with Crippen molar-refractivity contribution in [3.05, 3.63) is 58.3 Å². The van der Waals surface area contributed by atoms with Gasteiger partial charge in [0.1, 0.15) is 5.82 Å². The van der Waals surface area contributed by atoms with Gasteiger partial charge in [0.25, 0.3) is 0 Å². The van der Waals surface area contributed by atoms with Crippen LogP contribution in [0.1, 0.15) is 56.3 Å². The largest absolute Gasteiger partial charge is 0.381 e. The summed E-state index contributed by atoms with van der Waals surface area (Å²) in [6, 6.07) is 9.91. The van der Waals surface area contributed by atoms with Gasteiger partial charge in [0.05, 0.1) is 23.1 Å². The summed E-state index contributed by atoms with van der Waals surface area (Å²) in [6.07, 6.45) is 5.57. The summed E-state index contributed by atoms with van der Waals surface area (Å²) in [6.45, 7) is 0.477. The first-order chi connectivity index (χ1) is 16.0. The molecule has 1 atom stereocenters. The molecule has 1 aliphatic heterocycles. The van der Waals surface area contributed by atoms with Crippen molar-refractivity contribution in [3.63, 3.8) is 0 Å². The molecule has 5 rings (SSSR count). The molecular weight excluding hydrogens is 492 g/mol. The molecule has 2 aliphatic rings. The summed E-state index contributed by atoms with van der Waals surface area (Å²) >= 11 is 3.53. The number of hydrogen-bond acceptors (Lipinski definition) is 3. The molecule has 1 saturated heterocycles. The molecule has 1 unspecified atom stereocenters. The van der Waals surface area contributed by atoms with Gasteiger partial charge in [-0.25, -0.2) is 13.8 Å². The Balaban J connectivity index is 1.54. The maximum Gasteiger partial charge on any atom is 0.237 e. The van der Waals surface area contributed by atoms with Gasteiger partial charge < -0.3 is 14.2 Å². The second-order valence-electron chi connectivity index (χ2n) is 8.92. The number of methoxy groups -OCH3 is 1. The number of nitrogens with zero attached hydrogens (tertiary/aromatic N) is 3. The molecular formula is C25H26BrF2N3O2. The number of carbonyl (C=O) groups excluding carboxylic acids is 1. The van der Waals surface area contributed by atoms with Gasteiger partial charge in [-0.15, -0.1) is 0 Å². The third-order valence-electron chi connectivity index (χ3n) is 6.99. The molecule has 174 valence electrons. The van der Waals surface area contributed by atoms with E-state index >= 15 is 0 Å². The Morgan fingerprint density at radius 2 is 1.82 bits per heavy atom. The van der Waals surface area contributed by atoms with Crippen molar-refractivity contribution in [1.82, 2.24) is 9.55 Å². The molecule has 5 nitrogen and oxygen atoms in total. The third-order valence-corrected chi connectivity index (χ3v) is 7.48. The van der Waals surface area contributed by atoms with E-state index in [0.717, 1.165) is 65.6 Å². The van der Waals surface area contributed by atoms with Gasteiger partial charge in [-0.05, 0) is 68.9 Å². The highest BCUT2D eigenvalue weighted by Gasteiger charge is 2.36. The fourth-order valence-corrected chi connectivity index (χ4v) is 5.63. The van der Waals surface area contributed by atoms with Crippen molar-refractivity contribution in [1.29, 1.82) is 0 Å². The average Bonchev–Trinajstić information content (AvgIpc) is 3.19. The molecule has 0 N–H and O–H groups in total. The normalized spacial score (nSPS) is 23.9. The van der Waals surface area contributed by atoms with Crippen LogP contribution in [0.4, 0.5) is 14.5 Å². The first kappa shape index (κ1) is 22.5. The maximum absolute atomic E-state index is 13.9. The number of halogens is 3. The first-order valence-electron chi connectivity index (χ1n) is 11.4. The van der Waals surface area contributed by atoms with Crippen LogP contribution in [0.25, 0.3) is 11.0 Å². The molecule has 1 aromatic heterocycles. The summed E-state index contributed by atoms with van der Waals surface area (Å²) < 4.78 is 36.1. The lowest BCUT2D eigenvalue weighted by Gasteiger charge is -2.35. The fraction of sp³-hybridized carbons (Fsp3) is 0.440. The highest BCUT2D eigenvalue weighted by Crippen LogP contribution is 2.39. The van der Waals surface area contributed by atoms with E-state index in [1.165, 1.54) is 6.07 Å². The van der Waals surface area contributed by atoms with Crippen LogP contribution in [0.2, 0.25) is 0 Å². The number of ether oxygens (including phenoxy) is 1. The third kappa shape index (κ3) is 4.19. The van der Waals surface area contributed by atoms with Gasteiger partial charge in [0.15, 0.2) is 11.6 Å². The van der Waals surface area contributed by atoms with E-state index in [-0.39, 0.29) is 18.1 Å². The lowest BCUT2D eigenvalue weighted by Crippen LogP contribution is -2.41. The van der Waals surface area contributed by atoms with Gasteiger partial charge in [-0.2, -0.15) is 0 Å². The molecule has 8 heteroatoms. The maximum atomic E-state index is 13.9. The lowest BCUT2D eigenvalue weighted by atomic mass is 9.91. The van der Waals surface area contributed by atoms with Gasteiger partial charge in [-0.3, -0.25) is 4.79 Å². The van der Waals surface area contributed by atoms with Crippen molar-refractivity contribution in [3.8, 4) is 0 Å². The van der Waals surface area contributed by atoms with Crippen molar-refractivity contribution >= 4 is 38.6 Å². The SMILES string of the molecule is COC1CCC(n2c(C3CCCN(c4ccc(F)c(F)c4)C3=O)nc3cc(Br)ccc32)CC1. The molecule has 2 heterocycles. The number of benzene rings is 2. The van der Waals surface area contributed by atoms with E-state index in [2.05, 4.69) is 26.6 Å². The van der Waals surface area contributed by atoms with Gasteiger partial charge >= 0.3 is 0 Å². The zero-order valence-electron chi connectivity index (χ0n) is 18.4. The van der Waals surface area contributed by atoms with Crippen LogP contribution in [-0.2, 0) is 9.53 Å². The van der Waals surface area contributed by atoms with Gasteiger partial charge in [0, 0.05) is 35.9 Å². The van der Waals surface area contributed by atoms with E-state index in [1.807, 2.05) is 12.1 Å². The van der Waals surface area contributed by atoms with E-state index in [0.29, 0.717) is 18.7 Å². The number of imidazole rings is 1. The molecule has 0 radical (unpaired) electrons. The number of anilines is 1. The number of carbonyl (C=O) groups is 1. The number of hydrogen-bond donors (Lipinski definition) is 0. The average molecular weight is 518 g/mol. The van der Waals surface area contributed by atoms with Crippen molar-refractivity contribution < 1.29 is 18.3 Å². The van der Waals surface area contributed by atoms with Crippen molar-refractivity contribution in [2.75, 3.05) is 18.6 Å². The molecule has 1 aliphatic carbocycles. The van der Waals surface area contributed by atoms with Crippen LogP contribution in [-0.4, -0.2) is 35.2 Å². The molecule has 0 bridgehead atoms. The predicted molar refractivity (Wildman–Crippen MR) is 126 cm³/mol. The number of aromatic nitrogens is 2. The highest BCUT2D eigenvalue weighted by molar-refractivity contribution is 9.10. The lowest BCUT2D eigenvalue weighted by molar-refractivity contribution is -0.121. The Morgan fingerprint density at radius 3 is 2.55 bits per heavy atom. The van der Waals surface area contributed by atoms with Gasteiger partial charge in [-0.1, -0.05) is 15.9 Å². The first-order valence-corrected chi connectivity index (χ1v) is 12.2. The van der Waals surface area contributed by atoms with E-state index in [4.69, 9.17) is 9.72 Å². The molecule has 33 heavy (non-hydrogen) atoms. The molecule has 2 aromatic carbocycles. The Morgan fingerprint density at radius 1 is 1.03 bits per heavy atom. The molecule has 3 aromatic rings. The molecule has 0 spiro atoms. The van der Waals surface area contributed by atoms with E-state index in [9.17, 15) is 13.6 Å². The van der Waals surface area contributed by atoms with Crippen molar-refractivity contribution in [2.24, 2.45) is 0 Å². The summed E-state index contributed by atoms with van der Waals surface area (Å²) in [5.41, 5.74) is 2.26. The Labute approximate surface area is 199 Å². The Kier molecular flexibility index (Phi) is 6.22. The zero-order valence-corrected chi connectivity index (χ0v) is 20.0. The van der Waals surface area contributed by atoms with Crippen LogP contribution in [0, 0.1) is 11.6 Å². The second-order valence-corrected chi connectivity index (χ2v) is 9.84. The van der Waals surface area contributed by atoms with Crippen LogP contribution in [0.3, 0.4) is 0 Å². The number of fused-ring (bicyclic) bond motifs is 1. The summed E-state index contributed by atoms with van der Waals surface area (Å²) in [5.74, 6) is -1.65. The summed E-state index contributed by atoms with van der Waals surface area (Å²) in [7, 11) is 1.76. The van der Waals surface area contributed by atoms with Crippen LogP contribution < -0.4 is 4.90 Å². The van der Waals surface area contributed by atoms with Gasteiger partial charge in [0.2, 0.25) is 5.91 Å². The monoisotopic (exact) mass is 517 g/mol. The minimum absolute atomic E-state index is 0.117. The Bertz CT molecular complexity index is 1190. The predicted octanol–water partition coefficient (Wildman–Crippen LogP) is 6.12. The number of amides is 1. The molecule has 2 fully saturated rings. The topological polar surface area (TPSA) is 47.4 Å². The van der Waals surface area contributed by atoms with Crippen LogP contribution in [0.5, 0.6) is 0 Å². The second kappa shape index (κ2) is 9.14. The standard InChI is InChI=1S/C25H26BrF2N3O2/c1-33-18-8-5-16(6-9-18)31-23-11-4-15(26)13-22(23)29-24(31)19-3-2-12-30(25(19)32)17-7-10-20(27)21(28)14-17/h4,7,10-11,13-14,16,18-19H,2-3,5-6,8-9,12H2,1H3. The smallest absolute Gasteiger partial charge is 0.237 e. The summed E-state index contributed by atoms with van der Waals surface area (Å²) in [4.78, 5) is 20.1.